The van der Waals surface area contributed by atoms with Gasteiger partial charge in [-0.15, -0.1) is 0 Å². The Balaban J connectivity index is 2.14. The first-order valence-electron chi connectivity index (χ1n) is 6.84. The molecule has 18 heavy (non-hydrogen) atoms. The smallest absolute Gasteiger partial charge is 0.142 e. The van der Waals surface area contributed by atoms with E-state index in [0.29, 0.717) is 6.04 Å². The van der Waals surface area contributed by atoms with E-state index >= 15 is 0 Å². The number of halogens is 1. The third kappa shape index (κ3) is 3.11. The standard InChI is InChI=1S/C15H22ClNO/c1-3-11-6-4-5-7-13(11)17-14-10-12(16)8-9-15(14)18-2/h8-11,13,17H,3-7H2,1-2H3. The molecule has 1 N–H and O–H groups in total. The summed E-state index contributed by atoms with van der Waals surface area (Å²) in [5.41, 5.74) is 1.02. The number of hydrogen-bond donors (Lipinski definition) is 1. The second kappa shape index (κ2) is 6.33. The largest absolute Gasteiger partial charge is 0.495 e. The Kier molecular flexibility index (Phi) is 4.76. The van der Waals surface area contributed by atoms with E-state index in [1.54, 1.807) is 7.11 Å². The van der Waals surface area contributed by atoms with Crippen LogP contribution in [-0.2, 0) is 0 Å². The molecule has 3 heteroatoms. The van der Waals surface area contributed by atoms with Gasteiger partial charge in [-0.25, -0.2) is 0 Å². The number of benzene rings is 1. The molecule has 2 unspecified atom stereocenters. The van der Waals surface area contributed by atoms with Gasteiger partial charge in [-0.05, 0) is 37.0 Å². The zero-order valence-electron chi connectivity index (χ0n) is 11.2. The molecule has 2 atom stereocenters. The van der Waals surface area contributed by atoms with Crippen molar-refractivity contribution in [3.8, 4) is 5.75 Å². The van der Waals surface area contributed by atoms with Crippen LogP contribution in [0.5, 0.6) is 5.75 Å². The predicted octanol–water partition coefficient (Wildman–Crippen LogP) is 4.73. The second-order valence-electron chi connectivity index (χ2n) is 5.05. The van der Waals surface area contributed by atoms with Gasteiger partial charge in [-0.3, -0.25) is 0 Å². The van der Waals surface area contributed by atoms with E-state index in [1.165, 1.54) is 32.1 Å². The van der Waals surface area contributed by atoms with Crippen molar-refractivity contribution in [2.24, 2.45) is 5.92 Å². The van der Waals surface area contributed by atoms with E-state index in [2.05, 4.69) is 12.2 Å². The molecule has 0 spiro atoms. The van der Waals surface area contributed by atoms with Crippen LogP contribution in [0.1, 0.15) is 39.0 Å². The molecule has 0 amide bonds. The van der Waals surface area contributed by atoms with Gasteiger partial charge in [0.15, 0.2) is 0 Å². The Morgan fingerprint density at radius 2 is 2.11 bits per heavy atom. The van der Waals surface area contributed by atoms with Crippen molar-refractivity contribution < 1.29 is 4.74 Å². The number of hydrogen-bond acceptors (Lipinski definition) is 2. The Morgan fingerprint density at radius 1 is 1.33 bits per heavy atom. The first-order valence-corrected chi connectivity index (χ1v) is 7.22. The normalized spacial score (nSPS) is 23.7. The zero-order valence-corrected chi connectivity index (χ0v) is 12.0. The maximum Gasteiger partial charge on any atom is 0.142 e. The summed E-state index contributed by atoms with van der Waals surface area (Å²) in [6.07, 6.45) is 6.49. The first kappa shape index (κ1) is 13.5. The molecule has 0 saturated heterocycles. The molecule has 1 aliphatic rings. The van der Waals surface area contributed by atoms with E-state index in [-0.39, 0.29) is 0 Å². The molecule has 2 rings (SSSR count). The number of rotatable bonds is 4. The van der Waals surface area contributed by atoms with Crippen LogP contribution >= 0.6 is 11.6 Å². The highest BCUT2D eigenvalue weighted by atomic mass is 35.5. The average Bonchev–Trinajstić information content (AvgIpc) is 2.40. The van der Waals surface area contributed by atoms with Crippen molar-refractivity contribution in [1.29, 1.82) is 0 Å². The highest BCUT2D eigenvalue weighted by Crippen LogP contribution is 2.33. The first-order chi connectivity index (χ1) is 8.74. The highest BCUT2D eigenvalue weighted by molar-refractivity contribution is 6.30. The summed E-state index contributed by atoms with van der Waals surface area (Å²) in [6.45, 7) is 2.28. The minimum Gasteiger partial charge on any atom is -0.495 e. The molecule has 0 heterocycles. The van der Waals surface area contributed by atoms with Crippen LogP contribution in [0.25, 0.3) is 0 Å². The predicted molar refractivity (Wildman–Crippen MR) is 77.7 cm³/mol. The lowest BCUT2D eigenvalue weighted by atomic mass is 9.83. The summed E-state index contributed by atoms with van der Waals surface area (Å²) in [7, 11) is 1.70. The minimum atomic E-state index is 0.552. The Hall–Kier alpha value is -0.890. The van der Waals surface area contributed by atoms with Crippen molar-refractivity contribution >= 4 is 17.3 Å². The summed E-state index contributed by atoms with van der Waals surface area (Å²) < 4.78 is 5.39. The summed E-state index contributed by atoms with van der Waals surface area (Å²) >= 11 is 6.07. The van der Waals surface area contributed by atoms with Gasteiger partial charge >= 0.3 is 0 Å². The fourth-order valence-electron chi connectivity index (χ4n) is 2.88. The van der Waals surface area contributed by atoms with Crippen molar-refractivity contribution in [3.63, 3.8) is 0 Å². The van der Waals surface area contributed by atoms with Crippen LogP contribution in [0.15, 0.2) is 18.2 Å². The summed E-state index contributed by atoms with van der Waals surface area (Å²) in [5.74, 6) is 1.64. The average molecular weight is 268 g/mol. The number of anilines is 1. The van der Waals surface area contributed by atoms with Crippen LogP contribution in [0.2, 0.25) is 5.02 Å². The van der Waals surface area contributed by atoms with Crippen LogP contribution in [0, 0.1) is 5.92 Å². The molecular weight excluding hydrogens is 246 g/mol. The van der Waals surface area contributed by atoms with Gasteiger partial charge in [0.1, 0.15) is 5.75 Å². The second-order valence-corrected chi connectivity index (χ2v) is 5.48. The molecule has 100 valence electrons. The van der Waals surface area contributed by atoms with Gasteiger partial charge in [0.25, 0.3) is 0 Å². The number of methoxy groups -OCH3 is 1. The molecular formula is C15H22ClNO. The highest BCUT2D eigenvalue weighted by Gasteiger charge is 2.24. The minimum absolute atomic E-state index is 0.552. The molecule has 1 fully saturated rings. The molecule has 1 saturated carbocycles. The van der Waals surface area contributed by atoms with Gasteiger partial charge in [0.2, 0.25) is 0 Å². The molecule has 0 radical (unpaired) electrons. The van der Waals surface area contributed by atoms with Crippen LogP contribution in [0.4, 0.5) is 5.69 Å². The summed E-state index contributed by atoms with van der Waals surface area (Å²) in [6, 6.07) is 6.30. The number of nitrogens with one attached hydrogen (secondary N) is 1. The molecule has 2 nitrogen and oxygen atoms in total. The Labute approximate surface area is 115 Å². The van der Waals surface area contributed by atoms with Gasteiger partial charge < -0.3 is 10.1 Å². The van der Waals surface area contributed by atoms with Crippen molar-refractivity contribution in [3.05, 3.63) is 23.2 Å². The lowest BCUT2D eigenvalue weighted by Crippen LogP contribution is -2.31. The van der Waals surface area contributed by atoms with Gasteiger partial charge in [0, 0.05) is 11.1 Å². The maximum absolute atomic E-state index is 6.07. The molecule has 1 aromatic rings. The Bertz CT molecular complexity index is 394. The van der Waals surface area contributed by atoms with E-state index in [9.17, 15) is 0 Å². The van der Waals surface area contributed by atoms with Crippen molar-refractivity contribution in [1.82, 2.24) is 0 Å². The van der Waals surface area contributed by atoms with E-state index in [4.69, 9.17) is 16.3 Å². The molecule has 1 aromatic carbocycles. The molecule has 0 aliphatic heterocycles. The fraction of sp³-hybridized carbons (Fsp3) is 0.600. The zero-order chi connectivity index (χ0) is 13.0. The van der Waals surface area contributed by atoms with E-state index < -0.39 is 0 Å². The van der Waals surface area contributed by atoms with E-state index in [0.717, 1.165) is 22.4 Å². The van der Waals surface area contributed by atoms with Crippen LogP contribution < -0.4 is 10.1 Å². The quantitative estimate of drug-likeness (QED) is 0.852. The molecule has 0 bridgehead atoms. The lowest BCUT2D eigenvalue weighted by Gasteiger charge is -2.32. The van der Waals surface area contributed by atoms with Crippen molar-refractivity contribution in [2.75, 3.05) is 12.4 Å². The van der Waals surface area contributed by atoms with Gasteiger partial charge in [0.05, 0.1) is 12.8 Å². The topological polar surface area (TPSA) is 21.3 Å². The summed E-state index contributed by atoms with van der Waals surface area (Å²) in [5, 5.41) is 4.38. The summed E-state index contributed by atoms with van der Waals surface area (Å²) in [4.78, 5) is 0. The third-order valence-corrected chi connectivity index (χ3v) is 4.17. The maximum atomic E-state index is 6.07. The van der Waals surface area contributed by atoms with E-state index in [1.807, 2.05) is 18.2 Å². The lowest BCUT2D eigenvalue weighted by molar-refractivity contribution is 0.316. The third-order valence-electron chi connectivity index (χ3n) is 3.94. The van der Waals surface area contributed by atoms with Crippen LogP contribution in [0.3, 0.4) is 0 Å². The van der Waals surface area contributed by atoms with Crippen LogP contribution in [-0.4, -0.2) is 13.2 Å². The fourth-order valence-corrected chi connectivity index (χ4v) is 3.05. The number of ether oxygens (including phenoxy) is 1. The van der Waals surface area contributed by atoms with Gasteiger partial charge in [-0.1, -0.05) is 37.8 Å². The van der Waals surface area contributed by atoms with Gasteiger partial charge in [-0.2, -0.15) is 0 Å². The monoisotopic (exact) mass is 267 g/mol. The molecule has 1 aliphatic carbocycles. The SMILES string of the molecule is CCC1CCCCC1Nc1cc(Cl)ccc1OC. The molecule has 0 aromatic heterocycles. The Morgan fingerprint density at radius 3 is 2.83 bits per heavy atom. The van der Waals surface area contributed by atoms with Crippen molar-refractivity contribution in [2.45, 2.75) is 45.1 Å².